The highest BCUT2D eigenvalue weighted by molar-refractivity contribution is 5.77. The fourth-order valence-corrected chi connectivity index (χ4v) is 1.53. The molecule has 0 aliphatic heterocycles. The first-order valence-electron chi connectivity index (χ1n) is 5.52. The number of carbonyl (C=O) groups is 1. The zero-order valence-corrected chi connectivity index (χ0v) is 10.2. The van der Waals surface area contributed by atoms with E-state index < -0.39 is 5.54 Å². The highest BCUT2D eigenvalue weighted by Gasteiger charge is 2.17. The van der Waals surface area contributed by atoms with E-state index in [1.165, 1.54) is 0 Å². The molecule has 1 unspecified atom stereocenters. The summed E-state index contributed by atoms with van der Waals surface area (Å²) in [6, 6.07) is 9.91. The van der Waals surface area contributed by atoms with Gasteiger partial charge in [-0.15, -0.1) is 0 Å². The van der Waals surface area contributed by atoms with Crippen molar-refractivity contribution >= 4 is 5.91 Å². The molecule has 0 aliphatic carbocycles. The summed E-state index contributed by atoms with van der Waals surface area (Å²) in [6.45, 7) is 5.66. The van der Waals surface area contributed by atoms with E-state index in [4.69, 9.17) is 5.73 Å². The van der Waals surface area contributed by atoms with Gasteiger partial charge in [-0.05, 0) is 26.3 Å². The molecule has 3 nitrogen and oxygen atoms in total. The molecule has 16 heavy (non-hydrogen) atoms. The third kappa shape index (κ3) is 4.45. The van der Waals surface area contributed by atoms with Gasteiger partial charge in [0.15, 0.2) is 0 Å². The summed E-state index contributed by atoms with van der Waals surface area (Å²) in [7, 11) is 0. The molecule has 0 radical (unpaired) electrons. The summed E-state index contributed by atoms with van der Waals surface area (Å²) < 4.78 is 0. The van der Waals surface area contributed by atoms with Gasteiger partial charge in [0.05, 0.1) is 6.04 Å². The minimum Gasteiger partial charge on any atom is -0.350 e. The molecule has 0 heterocycles. The van der Waals surface area contributed by atoms with Crippen LogP contribution in [-0.2, 0) is 4.79 Å². The average molecular weight is 220 g/mol. The van der Waals surface area contributed by atoms with E-state index in [1.807, 2.05) is 51.1 Å². The summed E-state index contributed by atoms with van der Waals surface area (Å²) in [6.07, 6.45) is 0.337. The summed E-state index contributed by atoms with van der Waals surface area (Å²) in [5.41, 5.74) is 6.43. The standard InChI is InChI=1S/C13H20N2O/c1-10(11-7-5-4-6-8-11)15-12(16)9-13(2,3)14/h4-8,10H,9,14H2,1-3H3,(H,15,16). The maximum Gasteiger partial charge on any atom is 0.222 e. The lowest BCUT2D eigenvalue weighted by Gasteiger charge is -2.20. The molecule has 0 spiro atoms. The van der Waals surface area contributed by atoms with Gasteiger partial charge in [0, 0.05) is 12.0 Å². The largest absolute Gasteiger partial charge is 0.350 e. The monoisotopic (exact) mass is 220 g/mol. The van der Waals surface area contributed by atoms with Crippen LogP contribution in [-0.4, -0.2) is 11.4 Å². The Morgan fingerprint density at radius 1 is 1.38 bits per heavy atom. The molecule has 0 aliphatic rings. The average Bonchev–Trinajstić information content (AvgIpc) is 2.16. The van der Waals surface area contributed by atoms with E-state index in [9.17, 15) is 4.79 Å². The van der Waals surface area contributed by atoms with Crippen LogP contribution >= 0.6 is 0 Å². The van der Waals surface area contributed by atoms with Crippen LogP contribution in [0.1, 0.15) is 38.8 Å². The van der Waals surface area contributed by atoms with E-state index in [1.54, 1.807) is 0 Å². The van der Waals surface area contributed by atoms with Crippen molar-refractivity contribution < 1.29 is 4.79 Å². The quantitative estimate of drug-likeness (QED) is 0.815. The SMILES string of the molecule is CC(NC(=O)CC(C)(C)N)c1ccccc1. The van der Waals surface area contributed by atoms with Crippen LogP contribution in [0.15, 0.2) is 30.3 Å². The van der Waals surface area contributed by atoms with Crippen molar-refractivity contribution in [2.45, 2.75) is 38.8 Å². The Labute approximate surface area is 97.0 Å². The molecule has 0 fully saturated rings. The van der Waals surface area contributed by atoms with Gasteiger partial charge >= 0.3 is 0 Å². The van der Waals surface area contributed by atoms with Crippen molar-refractivity contribution in [1.29, 1.82) is 0 Å². The van der Waals surface area contributed by atoms with Gasteiger partial charge in [0.25, 0.3) is 0 Å². The summed E-state index contributed by atoms with van der Waals surface area (Å²) in [4.78, 5) is 11.7. The smallest absolute Gasteiger partial charge is 0.222 e. The Bertz CT molecular complexity index is 341. The Balaban J connectivity index is 2.52. The van der Waals surface area contributed by atoms with Gasteiger partial charge in [0.2, 0.25) is 5.91 Å². The second-order valence-corrected chi connectivity index (χ2v) is 4.87. The van der Waals surface area contributed by atoms with Crippen LogP contribution in [0.5, 0.6) is 0 Å². The molecule has 3 heteroatoms. The Kier molecular flexibility index (Phi) is 4.07. The second kappa shape index (κ2) is 5.12. The molecule has 1 atom stereocenters. The van der Waals surface area contributed by atoms with Crippen molar-refractivity contribution in [3.05, 3.63) is 35.9 Å². The molecule has 1 aromatic rings. The number of amides is 1. The first-order valence-corrected chi connectivity index (χ1v) is 5.52. The van der Waals surface area contributed by atoms with E-state index >= 15 is 0 Å². The zero-order valence-electron chi connectivity index (χ0n) is 10.2. The summed E-state index contributed by atoms with van der Waals surface area (Å²) >= 11 is 0. The third-order valence-electron chi connectivity index (χ3n) is 2.29. The number of carbonyl (C=O) groups excluding carboxylic acids is 1. The van der Waals surface area contributed by atoms with Gasteiger partial charge in [-0.2, -0.15) is 0 Å². The van der Waals surface area contributed by atoms with Crippen LogP contribution in [0.4, 0.5) is 0 Å². The predicted molar refractivity (Wildman–Crippen MR) is 65.9 cm³/mol. The van der Waals surface area contributed by atoms with Crippen molar-refractivity contribution in [3.63, 3.8) is 0 Å². The van der Waals surface area contributed by atoms with Crippen molar-refractivity contribution in [2.75, 3.05) is 0 Å². The van der Waals surface area contributed by atoms with Crippen LogP contribution in [0.3, 0.4) is 0 Å². The fraction of sp³-hybridized carbons (Fsp3) is 0.462. The number of nitrogens with one attached hydrogen (secondary N) is 1. The van der Waals surface area contributed by atoms with Crippen LogP contribution < -0.4 is 11.1 Å². The van der Waals surface area contributed by atoms with Gasteiger partial charge in [-0.3, -0.25) is 4.79 Å². The van der Waals surface area contributed by atoms with Gasteiger partial charge in [0.1, 0.15) is 0 Å². The maximum absolute atomic E-state index is 11.7. The highest BCUT2D eigenvalue weighted by atomic mass is 16.1. The Morgan fingerprint density at radius 2 is 1.94 bits per heavy atom. The summed E-state index contributed by atoms with van der Waals surface area (Å²) in [5, 5.41) is 2.93. The Morgan fingerprint density at radius 3 is 2.44 bits per heavy atom. The third-order valence-corrected chi connectivity index (χ3v) is 2.29. The molecular weight excluding hydrogens is 200 g/mol. The molecule has 1 amide bonds. The Hall–Kier alpha value is -1.35. The molecule has 0 saturated heterocycles. The number of rotatable bonds is 4. The van der Waals surface area contributed by atoms with Crippen molar-refractivity contribution in [3.8, 4) is 0 Å². The molecule has 1 aromatic carbocycles. The molecule has 3 N–H and O–H groups in total. The number of nitrogens with two attached hydrogens (primary N) is 1. The van der Waals surface area contributed by atoms with Crippen LogP contribution in [0.25, 0.3) is 0 Å². The minimum absolute atomic E-state index is 0.0103. The lowest BCUT2D eigenvalue weighted by Crippen LogP contribution is -2.39. The van der Waals surface area contributed by atoms with E-state index in [0.717, 1.165) is 5.56 Å². The van der Waals surface area contributed by atoms with Crippen LogP contribution in [0.2, 0.25) is 0 Å². The number of hydrogen-bond acceptors (Lipinski definition) is 2. The highest BCUT2D eigenvalue weighted by Crippen LogP contribution is 2.12. The van der Waals surface area contributed by atoms with Gasteiger partial charge in [-0.1, -0.05) is 30.3 Å². The van der Waals surface area contributed by atoms with Crippen molar-refractivity contribution in [2.24, 2.45) is 5.73 Å². The lowest BCUT2D eigenvalue weighted by molar-refractivity contribution is -0.122. The second-order valence-electron chi connectivity index (χ2n) is 4.87. The van der Waals surface area contributed by atoms with E-state index in [-0.39, 0.29) is 11.9 Å². The molecule has 0 saturated carbocycles. The minimum atomic E-state index is -0.458. The number of benzene rings is 1. The van der Waals surface area contributed by atoms with E-state index in [2.05, 4.69) is 5.32 Å². The molecule has 0 aromatic heterocycles. The predicted octanol–water partition coefficient (Wildman–Crippen LogP) is 1.99. The van der Waals surface area contributed by atoms with E-state index in [0.29, 0.717) is 6.42 Å². The molecule has 88 valence electrons. The normalized spacial score (nSPS) is 13.2. The summed E-state index contributed by atoms with van der Waals surface area (Å²) in [5.74, 6) is -0.0103. The van der Waals surface area contributed by atoms with Gasteiger partial charge < -0.3 is 11.1 Å². The molecular formula is C13H20N2O. The van der Waals surface area contributed by atoms with Crippen molar-refractivity contribution in [1.82, 2.24) is 5.32 Å². The first kappa shape index (κ1) is 12.7. The molecule has 0 bridgehead atoms. The molecule has 1 rings (SSSR count). The fourth-order valence-electron chi connectivity index (χ4n) is 1.53. The first-order chi connectivity index (χ1) is 7.38. The van der Waals surface area contributed by atoms with Crippen LogP contribution in [0, 0.1) is 0 Å². The van der Waals surface area contributed by atoms with Gasteiger partial charge in [-0.25, -0.2) is 0 Å². The maximum atomic E-state index is 11.7. The zero-order chi connectivity index (χ0) is 12.2. The lowest BCUT2D eigenvalue weighted by atomic mass is 10.0. The topological polar surface area (TPSA) is 55.1 Å². The number of hydrogen-bond donors (Lipinski definition) is 2.